The predicted molar refractivity (Wildman–Crippen MR) is 312 cm³/mol. The van der Waals surface area contributed by atoms with Gasteiger partial charge in [-0.15, -0.1) is 0 Å². The minimum Gasteiger partial charge on any atom is -0.299 e. The Kier molecular flexibility index (Phi) is 60.7. The van der Waals surface area contributed by atoms with Crippen LogP contribution in [0.1, 0.15) is 413 Å². The normalized spacial score (nSPS) is 12.6. The summed E-state index contributed by atoms with van der Waals surface area (Å²) in [6, 6.07) is 0. The van der Waals surface area contributed by atoms with Gasteiger partial charge in [0.05, 0.1) is 0 Å². The highest BCUT2D eigenvalue weighted by atomic mass is 16.1. The number of Topliss-reactive ketones (excluding diaryl/α,β-unsaturated/α-hetero) is 1. The first-order valence-corrected chi connectivity index (χ1v) is 33.2. The van der Waals surface area contributed by atoms with E-state index in [1.165, 1.54) is 372 Å². The maximum Gasteiger partial charge on any atom is 0.138 e. The van der Waals surface area contributed by atoms with Crippen molar-refractivity contribution in [3.05, 3.63) is 0 Å². The molecule has 0 rings (SSSR count). The Labute approximate surface area is 433 Å². The van der Waals surface area contributed by atoms with Crippen molar-refractivity contribution in [3.63, 3.8) is 0 Å². The molecule has 0 aromatic rings. The van der Waals surface area contributed by atoms with E-state index in [1.807, 2.05) is 0 Å². The van der Waals surface area contributed by atoms with Crippen molar-refractivity contribution >= 4 is 5.78 Å². The van der Waals surface area contributed by atoms with Crippen molar-refractivity contribution < 1.29 is 4.79 Å². The van der Waals surface area contributed by atoms with Gasteiger partial charge in [0.25, 0.3) is 0 Å². The van der Waals surface area contributed by atoms with Gasteiger partial charge in [0, 0.05) is 11.8 Å². The second kappa shape index (κ2) is 61.0. The van der Waals surface area contributed by atoms with Crippen LogP contribution in [0.4, 0.5) is 0 Å². The van der Waals surface area contributed by atoms with Crippen LogP contribution in [0.5, 0.6) is 0 Å². The maximum absolute atomic E-state index is 13.0. The zero-order valence-corrected chi connectivity index (χ0v) is 48.5. The van der Waals surface area contributed by atoms with Crippen LogP contribution < -0.4 is 0 Å². The Morgan fingerprint density at radius 2 is 0.294 bits per heavy atom. The van der Waals surface area contributed by atoms with Crippen LogP contribution in [0.2, 0.25) is 0 Å². The van der Waals surface area contributed by atoms with E-state index in [2.05, 4.69) is 27.7 Å². The molecule has 2 unspecified atom stereocenters. The standard InChI is InChI=1S/C67H134O/c1-5-7-9-11-13-15-17-19-21-23-25-27-29-31-33-35-37-39-41-43-45-47-49-51-53-55-57-59-61-63-65(3)67(68)66(4)64-62-60-58-56-54-52-50-48-46-44-42-40-38-36-34-32-30-28-26-24-22-20-18-16-14-12-10-8-6-2/h65-66H,5-64H2,1-4H3. The third kappa shape index (κ3) is 56.6. The van der Waals surface area contributed by atoms with Crippen molar-refractivity contribution in [2.75, 3.05) is 0 Å². The smallest absolute Gasteiger partial charge is 0.138 e. The van der Waals surface area contributed by atoms with Gasteiger partial charge >= 0.3 is 0 Å². The van der Waals surface area contributed by atoms with Crippen LogP contribution in [-0.2, 0) is 4.79 Å². The van der Waals surface area contributed by atoms with E-state index < -0.39 is 0 Å². The Balaban J connectivity index is 3.29. The fourth-order valence-corrected chi connectivity index (χ4v) is 11.4. The fourth-order valence-electron chi connectivity index (χ4n) is 11.4. The van der Waals surface area contributed by atoms with E-state index in [0.29, 0.717) is 5.78 Å². The molecule has 0 spiro atoms. The topological polar surface area (TPSA) is 17.1 Å². The van der Waals surface area contributed by atoms with Gasteiger partial charge in [-0.1, -0.05) is 400 Å². The van der Waals surface area contributed by atoms with Crippen molar-refractivity contribution in [1.82, 2.24) is 0 Å². The molecule has 0 saturated carbocycles. The summed E-state index contributed by atoms with van der Waals surface area (Å²) in [5, 5.41) is 0. The minimum atomic E-state index is 0.266. The average molecular weight is 956 g/mol. The highest BCUT2D eigenvalue weighted by Crippen LogP contribution is 2.22. The molecule has 0 bridgehead atoms. The quantitative estimate of drug-likeness (QED) is 0.0555. The van der Waals surface area contributed by atoms with E-state index in [4.69, 9.17) is 0 Å². The number of rotatable bonds is 62. The molecule has 68 heavy (non-hydrogen) atoms. The summed E-state index contributed by atoms with van der Waals surface area (Å²) in [6.07, 6.45) is 86.2. The lowest BCUT2D eigenvalue weighted by atomic mass is 9.88. The molecule has 0 amide bonds. The Hall–Kier alpha value is -0.330. The number of carbonyl (C=O) groups excluding carboxylic acids is 1. The molecule has 0 aromatic heterocycles. The highest BCUT2D eigenvalue weighted by molar-refractivity contribution is 5.82. The first-order valence-electron chi connectivity index (χ1n) is 33.2. The number of hydrogen-bond donors (Lipinski definition) is 0. The lowest BCUT2D eigenvalue weighted by Gasteiger charge is -2.16. The monoisotopic (exact) mass is 955 g/mol. The summed E-state index contributed by atoms with van der Waals surface area (Å²) in [7, 11) is 0. The fraction of sp³-hybridized carbons (Fsp3) is 0.985. The van der Waals surface area contributed by atoms with Crippen molar-refractivity contribution in [3.8, 4) is 0 Å². The molecule has 0 saturated heterocycles. The van der Waals surface area contributed by atoms with E-state index in [9.17, 15) is 4.79 Å². The SMILES string of the molecule is CCCCCCCCCCCCCCCCCCCCCCCCCCCCCCCC(C)C(=O)C(C)CCCCCCCCCCCCCCCCCCCCCCCCCCCCCCC. The Morgan fingerprint density at radius 1 is 0.191 bits per heavy atom. The lowest BCUT2D eigenvalue weighted by molar-refractivity contribution is -0.126. The minimum absolute atomic E-state index is 0.266. The summed E-state index contributed by atoms with van der Waals surface area (Å²) < 4.78 is 0. The van der Waals surface area contributed by atoms with Gasteiger partial charge in [-0.2, -0.15) is 0 Å². The van der Waals surface area contributed by atoms with Crippen LogP contribution in [0, 0.1) is 11.8 Å². The number of carbonyl (C=O) groups is 1. The second-order valence-electron chi connectivity index (χ2n) is 23.6. The summed E-state index contributed by atoms with van der Waals surface area (Å²) in [6.45, 7) is 9.04. The van der Waals surface area contributed by atoms with Crippen molar-refractivity contribution in [2.24, 2.45) is 11.8 Å². The van der Waals surface area contributed by atoms with Crippen LogP contribution in [0.3, 0.4) is 0 Å². The molecular formula is C67H134O. The van der Waals surface area contributed by atoms with Gasteiger partial charge in [-0.05, 0) is 12.8 Å². The molecule has 1 nitrogen and oxygen atoms in total. The first kappa shape index (κ1) is 67.7. The lowest BCUT2D eigenvalue weighted by Crippen LogP contribution is -2.19. The molecule has 0 radical (unpaired) electrons. The molecule has 0 N–H and O–H groups in total. The van der Waals surface area contributed by atoms with Crippen LogP contribution in [-0.4, -0.2) is 5.78 Å². The first-order chi connectivity index (χ1) is 33.6. The summed E-state index contributed by atoms with van der Waals surface area (Å²) in [5.74, 6) is 1.08. The summed E-state index contributed by atoms with van der Waals surface area (Å²) in [5.41, 5.74) is 0. The second-order valence-corrected chi connectivity index (χ2v) is 23.6. The molecule has 0 aliphatic rings. The van der Waals surface area contributed by atoms with Gasteiger partial charge in [0.15, 0.2) is 0 Å². The summed E-state index contributed by atoms with van der Waals surface area (Å²) in [4.78, 5) is 13.0. The van der Waals surface area contributed by atoms with E-state index >= 15 is 0 Å². The molecule has 0 aliphatic carbocycles. The molecule has 0 aromatic carbocycles. The highest BCUT2D eigenvalue weighted by Gasteiger charge is 2.19. The molecule has 2 atom stereocenters. The Morgan fingerprint density at radius 3 is 0.412 bits per heavy atom. The van der Waals surface area contributed by atoms with Crippen molar-refractivity contribution in [2.45, 2.75) is 413 Å². The molecule has 408 valence electrons. The van der Waals surface area contributed by atoms with Gasteiger partial charge in [0.2, 0.25) is 0 Å². The molecule has 0 aliphatic heterocycles. The third-order valence-corrected chi connectivity index (χ3v) is 16.5. The predicted octanol–water partition coefficient (Wildman–Crippen LogP) is 25.3. The zero-order valence-electron chi connectivity index (χ0n) is 48.5. The number of hydrogen-bond acceptors (Lipinski definition) is 1. The molecule has 0 heterocycles. The number of unbranched alkanes of at least 4 members (excludes halogenated alkanes) is 56. The number of ketones is 1. The van der Waals surface area contributed by atoms with Gasteiger partial charge < -0.3 is 0 Å². The molecule has 1 heteroatoms. The summed E-state index contributed by atoms with van der Waals surface area (Å²) >= 11 is 0. The zero-order chi connectivity index (χ0) is 49.2. The van der Waals surface area contributed by atoms with Crippen LogP contribution in [0.15, 0.2) is 0 Å². The average Bonchev–Trinajstić information content (AvgIpc) is 3.35. The van der Waals surface area contributed by atoms with Crippen molar-refractivity contribution in [1.29, 1.82) is 0 Å². The molecule has 0 fully saturated rings. The molecular weight excluding hydrogens is 821 g/mol. The maximum atomic E-state index is 13.0. The van der Waals surface area contributed by atoms with E-state index in [-0.39, 0.29) is 11.8 Å². The van der Waals surface area contributed by atoms with E-state index in [1.54, 1.807) is 0 Å². The third-order valence-electron chi connectivity index (χ3n) is 16.5. The van der Waals surface area contributed by atoms with Gasteiger partial charge in [-0.25, -0.2) is 0 Å². The Bertz CT molecular complexity index is 822. The van der Waals surface area contributed by atoms with Gasteiger partial charge in [0.1, 0.15) is 5.78 Å². The van der Waals surface area contributed by atoms with Gasteiger partial charge in [-0.3, -0.25) is 4.79 Å². The van der Waals surface area contributed by atoms with Crippen LogP contribution in [0.25, 0.3) is 0 Å². The largest absolute Gasteiger partial charge is 0.299 e. The van der Waals surface area contributed by atoms with E-state index in [0.717, 1.165) is 12.8 Å². The van der Waals surface area contributed by atoms with Crippen LogP contribution >= 0.6 is 0 Å².